The first-order valence-corrected chi connectivity index (χ1v) is 10.4. The zero-order chi connectivity index (χ0) is 21.6. The van der Waals surface area contributed by atoms with Crippen LogP contribution < -0.4 is 14.8 Å². The number of hydrogen-bond acceptors (Lipinski definition) is 5. The second-order valence-corrected chi connectivity index (χ2v) is 7.52. The van der Waals surface area contributed by atoms with Crippen molar-refractivity contribution < 1.29 is 18.7 Å². The molecule has 1 amide bonds. The van der Waals surface area contributed by atoms with Crippen molar-refractivity contribution in [2.75, 3.05) is 12.4 Å². The van der Waals surface area contributed by atoms with E-state index in [-0.39, 0.29) is 11.7 Å². The van der Waals surface area contributed by atoms with Crippen LogP contribution >= 0.6 is 11.3 Å². The molecule has 0 atom stereocenters. The van der Waals surface area contributed by atoms with Crippen molar-refractivity contribution in [3.8, 4) is 22.1 Å². The standard InChI is InChI=1S/C24H19FN2O3S/c1-29-20-11-9-19(10-12-20)26-23(28)22-15-31-24(27-22)17-3-2-4-21(13-17)30-14-16-5-7-18(25)8-6-16/h2-13,15H,14H2,1H3,(H,26,28). The molecule has 31 heavy (non-hydrogen) atoms. The number of halogens is 1. The topological polar surface area (TPSA) is 60.5 Å². The highest BCUT2D eigenvalue weighted by molar-refractivity contribution is 7.13. The number of aromatic nitrogens is 1. The molecule has 0 saturated heterocycles. The first-order valence-electron chi connectivity index (χ1n) is 9.49. The molecule has 0 spiro atoms. The molecule has 4 aromatic rings. The summed E-state index contributed by atoms with van der Waals surface area (Å²) in [5.74, 6) is 0.828. The average Bonchev–Trinajstić information content (AvgIpc) is 3.30. The second-order valence-electron chi connectivity index (χ2n) is 6.66. The maximum atomic E-state index is 13.0. The Labute approximate surface area is 183 Å². The van der Waals surface area contributed by atoms with Crippen LogP contribution in [0.25, 0.3) is 10.6 Å². The number of carbonyl (C=O) groups excluding carboxylic acids is 1. The highest BCUT2D eigenvalue weighted by atomic mass is 32.1. The van der Waals surface area contributed by atoms with Gasteiger partial charge in [-0.3, -0.25) is 4.79 Å². The fourth-order valence-electron chi connectivity index (χ4n) is 2.85. The molecule has 1 N–H and O–H groups in total. The van der Waals surface area contributed by atoms with E-state index in [1.165, 1.54) is 23.5 Å². The van der Waals surface area contributed by atoms with Crippen molar-refractivity contribution >= 4 is 22.9 Å². The van der Waals surface area contributed by atoms with Gasteiger partial charge < -0.3 is 14.8 Å². The van der Waals surface area contributed by atoms with Crippen molar-refractivity contribution in [2.45, 2.75) is 6.61 Å². The summed E-state index contributed by atoms with van der Waals surface area (Å²) in [6.07, 6.45) is 0. The minimum absolute atomic E-state index is 0.277. The summed E-state index contributed by atoms with van der Waals surface area (Å²) < 4.78 is 24.0. The minimum atomic E-state index is -0.281. The third-order valence-corrected chi connectivity index (χ3v) is 5.38. The number of nitrogens with one attached hydrogen (secondary N) is 1. The Morgan fingerprint density at radius 3 is 2.55 bits per heavy atom. The molecular weight excluding hydrogens is 415 g/mol. The molecule has 0 radical (unpaired) electrons. The van der Waals surface area contributed by atoms with Crippen LogP contribution in [0.3, 0.4) is 0 Å². The molecule has 0 bridgehead atoms. The summed E-state index contributed by atoms with van der Waals surface area (Å²) >= 11 is 1.38. The van der Waals surface area contributed by atoms with Crippen LogP contribution in [0.5, 0.6) is 11.5 Å². The van der Waals surface area contributed by atoms with E-state index in [0.29, 0.717) is 28.7 Å². The Morgan fingerprint density at radius 1 is 1.03 bits per heavy atom. The van der Waals surface area contributed by atoms with Crippen LogP contribution in [0.2, 0.25) is 0 Å². The van der Waals surface area contributed by atoms with Gasteiger partial charge in [-0.05, 0) is 54.1 Å². The van der Waals surface area contributed by atoms with Gasteiger partial charge in [-0.25, -0.2) is 9.37 Å². The number of anilines is 1. The molecule has 1 aromatic heterocycles. The molecule has 3 aromatic carbocycles. The quantitative estimate of drug-likeness (QED) is 0.400. The van der Waals surface area contributed by atoms with Crippen LogP contribution in [0.1, 0.15) is 16.1 Å². The average molecular weight is 434 g/mol. The van der Waals surface area contributed by atoms with Crippen molar-refractivity contribution in [2.24, 2.45) is 0 Å². The van der Waals surface area contributed by atoms with E-state index >= 15 is 0 Å². The summed E-state index contributed by atoms with van der Waals surface area (Å²) in [4.78, 5) is 17.0. The van der Waals surface area contributed by atoms with E-state index in [2.05, 4.69) is 10.3 Å². The number of benzene rings is 3. The zero-order valence-corrected chi connectivity index (χ0v) is 17.5. The first-order chi connectivity index (χ1) is 15.1. The van der Waals surface area contributed by atoms with E-state index in [1.54, 1.807) is 48.9 Å². The van der Waals surface area contributed by atoms with Gasteiger partial charge >= 0.3 is 0 Å². The minimum Gasteiger partial charge on any atom is -0.497 e. The summed E-state index contributed by atoms with van der Waals surface area (Å²) in [7, 11) is 1.59. The van der Waals surface area contributed by atoms with E-state index < -0.39 is 0 Å². The number of ether oxygens (including phenoxy) is 2. The van der Waals surface area contributed by atoms with Crippen molar-refractivity contribution in [3.05, 3.63) is 95.3 Å². The fraction of sp³-hybridized carbons (Fsp3) is 0.0833. The third kappa shape index (κ3) is 5.26. The Kier molecular flexibility index (Phi) is 6.24. The van der Waals surface area contributed by atoms with E-state index in [4.69, 9.17) is 9.47 Å². The van der Waals surface area contributed by atoms with Gasteiger partial charge in [0.15, 0.2) is 0 Å². The third-order valence-electron chi connectivity index (χ3n) is 4.48. The van der Waals surface area contributed by atoms with Crippen molar-refractivity contribution in [1.82, 2.24) is 4.98 Å². The number of methoxy groups -OCH3 is 1. The summed E-state index contributed by atoms with van der Waals surface area (Å²) in [6.45, 7) is 0.330. The summed E-state index contributed by atoms with van der Waals surface area (Å²) in [5, 5.41) is 5.26. The monoisotopic (exact) mass is 434 g/mol. The molecule has 5 nitrogen and oxygen atoms in total. The van der Waals surface area contributed by atoms with Crippen LogP contribution in [0.15, 0.2) is 78.2 Å². The second kappa shape index (κ2) is 9.40. The maximum Gasteiger partial charge on any atom is 0.275 e. The Morgan fingerprint density at radius 2 is 1.81 bits per heavy atom. The Bertz CT molecular complexity index is 1170. The van der Waals surface area contributed by atoms with E-state index in [1.807, 2.05) is 24.3 Å². The number of amides is 1. The van der Waals surface area contributed by atoms with E-state index in [9.17, 15) is 9.18 Å². The highest BCUT2D eigenvalue weighted by Gasteiger charge is 2.13. The lowest BCUT2D eigenvalue weighted by molar-refractivity contribution is 0.102. The van der Waals surface area contributed by atoms with Gasteiger partial charge in [-0.1, -0.05) is 24.3 Å². The zero-order valence-electron chi connectivity index (χ0n) is 16.7. The molecular formula is C24H19FN2O3S. The largest absolute Gasteiger partial charge is 0.497 e. The molecule has 0 aliphatic carbocycles. The first kappa shape index (κ1) is 20.6. The fourth-order valence-corrected chi connectivity index (χ4v) is 3.64. The van der Waals surface area contributed by atoms with Crippen molar-refractivity contribution in [1.29, 1.82) is 0 Å². The normalized spacial score (nSPS) is 10.5. The van der Waals surface area contributed by atoms with Gasteiger partial charge in [0.1, 0.15) is 34.6 Å². The van der Waals surface area contributed by atoms with Gasteiger partial charge in [-0.2, -0.15) is 0 Å². The Balaban J connectivity index is 1.42. The van der Waals surface area contributed by atoms with Gasteiger partial charge in [0.05, 0.1) is 7.11 Å². The van der Waals surface area contributed by atoms with E-state index in [0.717, 1.165) is 16.9 Å². The summed E-state index contributed by atoms with van der Waals surface area (Å²) in [6, 6.07) is 20.8. The lowest BCUT2D eigenvalue weighted by Crippen LogP contribution is -2.12. The van der Waals surface area contributed by atoms with Crippen LogP contribution in [0.4, 0.5) is 10.1 Å². The molecule has 4 rings (SSSR count). The molecule has 1 heterocycles. The van der Waals surface area contributed by atoms with Crippen LogP contribution in [-0.2, 0) is 6.61 Å². The molecule has 0 aliphatic rings. The van der Waals surface area contributed by atoms with Crippen molar-refractivity contribution in [3.63, 3.8) is 0 Å². The highest BCUT2D eigenvalue weighted by Crippen LogP contribution is 2.28. The number of hydrogen-bond donors (Lipinski definition) is 1. The number of rotatable bonds is 7. The maximum absolute atomic E-state index is 13.0. The SMILES string of the molecule is COc1ccc(NC(=O)c2csc(-c3cccc(OCc4ccc(F)cc4)c3)n2)cc1. The van der Waals surface area contributed by atoms with Crippen LogP contribution in [0, 0.1) is 5.82 Å². The van der Waals surface area contributed by atoms with Gasteiger partial charge in [-0.15, -0.1) is 11.3 Å². The predicted molar refractivity (Wildman–Crippen MR) is 119 cm³/mol. The molecule has 0 fully saturated rings. The smallest absolute Gasteiger partial charge is 0.275 e. The van der Waals surface area contributed by atoms with Gasteiger partial charge in [0.2, 0.25) is 0 Å². The molecule has 0 aliphatic heterocycles. The predicted octanol–water partition coefficient (Wildman–Crippen LogP) is 5.79. The number of nitrogens with zero attached hydrogens (tertiary/aromatic N) is 1. The Hall–Kier alpha value is -3.71. The van der Waals surface area contributed by atoms with Crippen LogP contribution in [-0.4, -0.2) is 18.0 Å². The lowest BCUT2D eigenvalue weighted by atomic mass is 10.2. The summed E-state index contributed by atoms with van der Waals surface area (Å²) in [5.41, 5.74) is 2.73. The van der Waals surface area contributed by atoms with Gasteiger partial charge in [0, 0.05) is 16.6 Å². The molecule has 0 saturated carbocycles. The lowest BCUT2D eigenvalue weighted by Gasteiger charge is -2.07. The number of carbonyl (C=O) groups is 1. The number of thiazole rings is 1. The molecule has 156 valence electrons. The molecule has 7 heteroatoms. The molecule has 0 unspecified atom stereocenters. The van der Waals surface area contributed by atoms with Gasteiger partial charge in [0.25, 0.3) is 5.91 Å².